The summed E-state index contributed by atoms with van der Waals surface area (Å²) in [7, 11) is 1.60. The Morgan fingerprint density at radius 2 is 1.76 bits per heavy atom. The van der Waals surface area contributed by atoms with Gasteiger partial charge in [0.25, 0.3) is 0 Å². The Balaban J connectivity index is 2.39. The van der Waals surface area contributed by atoms with Gasteiger partial charge in [-0.1, -0.05) is 17.7 Å². The lowest BCUT2D eigenvalue weighted by Crippen LogP contribution is -2.21. The summed E-state index contributed by atoms with van der Waals surface area (Å²) in [6.07, 6.45) is -0.0239. The van der Waals surface area contributed by atoms with Gasteiger partial charge in [0.15, 0.2) is 0 Å². The SMILES string of the molecule is CNC(Cc1c(F)cccc1F)c1cc(Cl)c(Br)cc1F. The molecule has 112 valence electrons. The van der Waals surface area contributed by atoms with E-state index in [0.717, 1.165) is 0 Å². The minimum absolute atomic E-state index is 0.0239. The molecule has 1 unspecified atom stereocenters. The van der Waals surface area contributed by atoms with E-state index in [2.05, 4.69) is 21.2 Å². The summed E-state index contributed by atoms with van der Waals surface area (Å²) in [5, 5.41) is 3.20. The Hall–Kier alpha value is -1.04. The van der Waals surface area contributed by atoms with E-state index < -0.39 is 23.5 Å². The first-order valence-corrected chi connectivity index (χ1v) is 7.35. The van der Waals surface area contributed by atoms with Crippen molar-refractivity contribution in [1.82, 2.24) is 5.32 Å². The van der Waals surface area contributed by atoms with Crippen LogP contribution < -0.4 is 5.32 Å². The van der Waals surface area contributed by atoms with Crippen molar-refractivity contribution >= 4 is 27.5 Å². The normalized spacial score (nSPS) is 12.5. The van der Waals surface area contributed by atoms with Crippen LogP contribution in [0.2, 0.25) is 5.02 Å². The molecule has 0 heterocycles. The fourth-order valence-corrected chi connectivity index (χ4v) is 2.59. The summed E-state index contributed by atoms with van der Waals surface area (Å²) in [5.41, 5.74) is 0.170. The molecule has 1 nitrogen and oxygen atoms in total. The summed E-state index contributed by atoms with van der Waals surface area (Å²) in [4.78, 5) is 0. The zero-order chi connectivity index (χ0) is 15.6. The topological polar surface area (TPSA) is 12.0 Å². The number of hydrogen-bond acceptors (Lipinski definition) is 1. The van der Waals surface area contributed by atoms with E-state index in [4.69, 9.17) is 11.6 Å². The van der Waals surface area contributed by atoms with Gasteiger partial charge in [0.1, 0.15) is 17.5 Å². The van der Waals surface area contributed by atoms with Gasteiger partial charge in [0.05, 0.1) is 5.02 Å². The minimum atomic E-state index is -0.654. The van der Waals surface area contributed by atoms with Crippen LogP contribution in [0.25, 0.3) is 0 Å². The van der Waals surface area contributed by atoms with Crippen molar-refractivity contribution < 1.29 is 13.2 Å². The molecule has 0 saturated heterocycles. The molecular weight excluding hydrogens is 367 g/mol. The van der Waals surface area contributed by atoms with E-state index in [1.807, 2.05) is 0 Å². The molecule has 0 aliphatic rings. The molecular formula is C15H12BrClF3N. The van der Waals surface area contributed by atoms with Crippen LogP contribution in [0.4, 0.5) is 13.2 Å². The van der Waals surface area contributed by atoms with Crippen molar-refractivity contribution in [2.75, 3.05) is 7.05 Å². The Labute approximate surface area is 134 Å². The van der Waals surface area contributed by atoms with Crippen molar-refractivity contribution in [2.24, 2.45) is 0 Å². The second-order valence-electron chi connectivity index (χ2n) is 4.53. The molecule has 0 aliphatic carbocycles. The number of nitrogens with one attached hydrogen (secondary N) is 1. The van der Waals surface area contributed by atoms with Gasteiger partial charge in [-0.25, -0.2) is 13.2 Å². The lowest BCUT2D eigenvalue weighted by molar-refractivity contribution is 0.496. The molecule has 0 bridgehead atoms. The van der Waals surface area contributed by atoms with Crippen molar-refractivity contribution in [2.45, 2.75) is 12.5 Å². The van der Waals surface area contributed by atoms with E-state index in [-0.39, 0.29) is 17.5 Å². The maximum Gasteiger partial charge on any atom is 0.129 e. The molecule has 0 amide bonds. The second kappa shape index (κ2) is 6.81. The van der Waals surface area contributed by atoms with E-state index in [1.165, 1.54) is 30.3 Å². The third kappa shape index (κ3) is 3.59. The molecule has 21 heavy (non-hydrogen) atoms. The van der Waals surface area contributed by atoms with Gasteiger partial charge in [-0.3, -0.25) is 0 Å². The molecule has 0 aliphatic heterocycles. The zero-order valence-electron chi connectivity index (χ0n) is 11.1. The average molecular weight is 379 g/mol. The predicted octanol–water partition coefficient (Wildman–Crippen LogP) is 5.02. The summed E-state index contributed by atoms with van der Waals surface area (Å²) in [6.45, 7) is 0. The van der Waals surface area contributed by atoms with Gasteiger partial charge in [0, 0.05) is 21.6 Å². The van der Waals surface area contributed by atoms with Gasteiger partial charge >= 0.3 is 0 Å². The fraction of sp³-hybridized carbons (Fsp3) is 0.200. The van der Waals surface area contributed by atoms with Crippen molar-refractivity contribution in [3.8, 4) is 0 Å². The summed E-state index contributed by atoms with van der Waals surface area (Å²) < 4.78 is 41.9. The first kappa shape index (κ1) is 16.3. The summed E-state index contributed by atoms with van der Waals surface area (Å²) in [5.74, 6) is -1.81. The fourth-order valence-electron chi connectivity index (χ4n) is 2.10. The zero-order valence-corrected chi connectivity index (χ0v) is 13.4. The van der Waals surface area contributed by atoms with Gasteiger partial charge < -0.3 is 5.32 Å². The van der Waals surface area contributed by atoms with Crippen molar-refractivity contribution in [3.05, 3.63) is 68.4 Å². The Bertz CT molecular complexity index is 643. The molecule has 1 atom stereocenters. The van der Waals surface area contributed by atoms with Crippen LogP contribution in [0.3, 0.4) is 0 Å². The predicted molar refractivity (Wildman–Crippen MR) is 81.0 cm³/mol. The van der Waals surface area contributed by atoms with Gasteiger partial charge in [-0.05, 0) is 53.7 Å². The lowest BCUT2D eigenvalue weighted by atomic mass is 9.98. The maximum absolute atomic E-state index is 14.1. The van der Waals surface area contributed by atoms with Crippen LogP contribution in [0.15, 0.2) is 34.8 Å². The summed E-state index contributed by atoms with van der Waals surface area (Å²) in [6, 6.07) is 5.73. The van der Waals surface area contributed by atoms with Gasteiger partial charge in [-0.15, -0.1) is 0 Å². The average Bonchev–Trinajstić information content (AvgIpc) is 2.43. The highest BCUT2D eigenvalue weighted by Crippen LogP contribution is 2.30. The lowest BCUT2D eigenvalue weighted by Gasteiger charge is -2.19. The number of halogens is 5. The molecule has 0 saturated carbocycles. The maximum atomic E-state index is 14.1. The Kier molecular flexibility index (Phi) is 5.30. The number of likely N-dealkylation sites (N-methyl/N-ethyl adjacent to an activating group) is 1. The molecule has 2 aromatic carbocycles. The van der Waals surface area contributed by atoms with Gasteiger partial charge in [-0.2, -0.15) is 0 Å². The third-order valence-corrected chi connectivity index (χ3v) is 4.43. The molecule has 0 spiro atoms. The minimum Gasteiger partial charge on any atom is -0.313 e. The smallest absolute Gasteiger partial charge is 0.129 e. The Morgan fingerprint density at radius 3 is 2.33 bits per heavy atom. The standard InChI is InChI=1S/C15H12BrClF3N/c1-21-15(6-8-12(18)3-2-4-13(8)19)9-5-11(17)10(16)7-14(9)20/h2-5,7,15,21H,6H2,1H3. The molecule has 0 aromatic heterocycles. The van der Waals surface area contributed by atoms with E-state index >= 15 is 0 Å². The molecule has 6 heteroatoms. The van der Waals surface area contributed by atoms with Crippen molar-refractivity contribution in [1.29, 1.82) is 0 Å². The van der Waals surface area contributed by atoms with Crippen LogP contribution in [-0.4, -0.2) is 7.05 Å². The molecule has 2 aromatic rings. The van der Waals surface area contributed by atoms with Gasteiger partial charge in [0.2, 0.25) is 0 Å². The first-order chi connectivity index (χ1) is 9.93. The number of rotatable bonds is 4. The highest BCUT2D eigenvalue weighted by molar-refractivity contribution is 9.10. The van der Waals surface area contributed by atoms with Crippen LogP contribution in [0, 0.1) is 17.5 Å². The van der Waals surface area contributed by atoms with E-state index in [1.54, 1.807) is 7.05 Å². The number of hydrogen-bond donors (Lipinski definition) is 1. The first-order valence-electron chi connectivity index (χ1n) is 6.18. The Morgan fingerprint density at radius 1 is 1.14 bits per heavy atom. The number of benzene rings is 2. The highest BCUT2D eigenvalue weighted by Gasteiger charge is 2.20. The molecule has 0 fully saturated rings. The second-order valence-corrected chi connectivity index (χ2v) is 5.79. The molecule has 2 rings (SSSR count). The highest BCUT2D eigenvalue weighted by atomic mass is 79.9. The largest absolute Gasteiger partial charge is 0.313 e. The van der Waals surface area contributed by atoms with E-state index in [0.29, 0.717) is 9.50 Å². The van der Waals surface area contributed by atoms with Crippen molar-refractivity contribution in [3.63, 3.8) is 0 Å². The quantitative estimate of drug-likeness (QED) is 0.736. The monoisotopic (exact) mass is 377 g/mol. The van der Waals surface area contributed by atoms with Crippen LogP contribution in [0.1, 0.15) is 17.2 Å². The van der Waals surface area contributed by atoms with Crippen LogP contribution >= 0.6 is 27.5 Å². The van der Waals surface area contributed by atoms with Crippen LogP contribution in [-0.2, 0) is 6.42 Å². The summed E-state index contributed by atoms with van der Waals surface area (Å²) >= 11 is 9.09. The van der Waals surface area contributed by atoms with Crippen LogP contribution in [0.5, 0.6) is 0 Å². The third-order valence-electron chi connectivity index (χ3n) is 3.23. The van der Waals surface area contributed by atoms with E-state index in [9.17, 15) is 13.2 Å². The molecule has 1 N–H and O–H groups in total. The molecule has 0 radical (unpaired) electrons.